The molecule has 1 aliphatic rings. The number of hydrogen-bond donors (Lipinski definition) is 1. The first-order chi connectivity index (χ1) is 11.7. The molecular weight excluding hydrogens is 305 g/mol. The van der Waals surface area contributed by atoms with E-state index in [2.05, 4.69) is 9.97 Å². The lowest BCUT2D eigenvalue weighted by Gasteiger charge is -2.15. The fourth-order valence-corrected chi connectivity index (χ4v) is 2.90. The molecule has 1 fully saturated rings. The fraction of sp³-hybridized carbons (Fsp3) is 0.789. The van der Waals surface area contributed by atoms with Crippen LogP contribution in [-0.2, 0) is 0 Å². The van der Waals surface area contributed by atoms with Gasteiger partial charge in [0.15, 0.2) is 0 Å². The zero-order valence-corrected chi connectivity index (χ0v) is 14.9. The summed E-state index contributed by atoms with van der Waals surface area (Å²) in [6, 6.07) is 0.464. The van der Waals surface area contributed by atoms with Crippen molar-refractivity contribution < 1.29 is 9.13 Å². The number of nitrogens with two attached hydrogens (primary N) is 1. The van der Waals surface area contributed by atoms with Gasteiger partial charge >= 0.3 is 6.01 Å². The van der Waals surface area contributed by atoms with Crippen molar-refractivity contribution in [1.82, 2.24) is 9.97 Å². The van der Waals surface area contributed by atoms with Crippen LogP contribution in [0.15, 0.2) is 12.4 Å². The summed E-state index contributed by atoms with van der Waals surface area (Å²) in [5, 5.41) is 0. The molecule has 2 atom stereocenters. The van der Waals surface area contributed by atoms with Crippen LogP contribution >= 0.6 is 0 Å². The molecule has 0 aliphatic heterocycles. The second kappa shape index (κ2) is 10.6. The molecule has 0 amide bonds. The number of halogens is 1. The van der Waals surface area contributed by atoms with E-state index in [1.165, 1.54) is 12.8 Å². The quantitative estimate of drug-likeness (QED) is 0.542. The van der Waals surface area contributed by atoms with Crippen molar-refractivity contribution >= 4 is 0 Å². The molecule has 1 saturated carbocycles. The highest BCUT2D eigenvalue weighted by Crippen LogP contribution is 2.29. The molecule has 0 spiro atoms. The molecule has 0 radical (unpaired) electrons. The summed E-state index contributed by atoms with van der Waals surface area (Å²) >= 11 is 0. The Morgan fingerprint density at radius 3 is 2.50 bits per heavy atom. The van der Waals surface area contributed by atoms with Gasteiger partial charge in [0, 0.05) is 12.4 Å². The van der Waals surface area contributed by atoms with Crippen LogP contribution in [0.25, 0.3) is 0 Å². The summed E-state index contributed by atoms with van der Waals surface area (Å²) in [6.07, 6.45) is 12.0. The minimum absolute atomic E-state index is 0.277. The molecule has 1 aliphatic carbocycles. The minimum Gasteiger partial charge on any atom is -0.463 e. The maximum atomic E-state index is 13.4. The van der Waals surface area contributed by atoms with Crippen molar-refractivity contribution in [2.45, 2.75) is 76.8 Å². The van der Waals surface area contributed by atoms with Gasteiger partial charge in [-0.2, -0.15) is 0 Å². The highest BCUT2D eigenvalue weighted by atomic mass is 19.1. The van der Waals surface area contributed by atoms with Crippen molar-refractivity contribution in [3.05, 3.63) is 18.0 Å². The number of aromatic nitrogens is 2. The van der Waals surface area contributed by atoms with E-state index in [4.69, 9.17) is 10.5 Å². The first-order valence-corrected chi connectivity index (χ1v) is 9.51. The van der Waals surface area contributed by atoms with Crippen molar-refractivity contribution in [3.8, 4) is 6.01 Å². The highest BCUT2D eigenvalue weighted by molar-refractivity contribution is 5.13. The van der Waals surface area contributed by atoms with Crippen LogP contribution in [0.4, 0.5) is 4.39 Å². The van der Waals surface area contributed by atoms with E-state index in [0.29, 0.717) is 31.3 Å². The third-order valence-corrected chi connectivity index (χ3v) is 4.72. The summed E-state index contributed by atoms with van der Waals surface area (Å²) in [4.78, 5) is 8.59. The minimum atomic E-state index is -0.628. The lowest BCUT2D eigenvalue weighted by atomic mass is 9.95. The Hall–Kier alpha value is -1.23. The largest absolute Gasteiger partial charge is 0.463 e. The van der Waals surface area contributed by atoms with Gasteiger partial charge in [-0.15, -0.1) is 0 Å². The highest BCUT2D eigenvalue weighted by Gasteiger charge is 2.22. The summed E-state index contributed by atoms with van der Waals surface area (Å²) in [5.41, 5.74) is 6.98. The summed E-state index contributed by atoms with van der Waals surface area (Å²) in [5.74, 6) is 0.977. The van der Waals surface area contributed by atoms with E-state index in [-0.39, 0.29) is 5.92 Å². The van der Waals surface area contributed by atoms with Crippen LogP contribution in [0.5, 0.6) is 6.01 Å². The summed E-state index contributed by atoms with van der Waals surface area (Å²) < 4.78 is 19.0. The van der Waals surface area contributed by atoms with Gasteiger partial charge < -0.3 is 10.5 Å². The van der Waals surface area contributed by atoms with Gasteiger partial charge in [-0.3, -0.25) is 0 Å². The second-order valence-electron chi connectivity index (χ2n) is 7.01. The van der Waals surface area contributed by atoms with Crippen molar-refractivity contribution in [1.29, 1.82) is 0 Å². The molecular formula is C19H32FN3O. The van der Waals surface area contributed by atoms with Crippen LogP contribution in [0.2, 0.25) is 0 Å². The monoisotopic (exact) mass is 337 g/mol. The number of ether oxygens (including phenoxy) is 1. The van der Waals surface area contributed by atoms with Gasteiger partial charge in [0.05, 0.1) is 6.61 Å². The van der Waals surface area contributed by atoms with E-state index in [1.54, 1.807) is 0 Å². The van der Waals surface area contributed by atoms with Gasteiger partial charge in [-0.1, -0.05) is 32.6 Å². The predicted octanol–water partition coefficient (Wildman–Crippen LogP) is 4.40. The SMILES string of the molecule is CCCC(F)CCCCCC(CN)c1cnc(OCC2CC2)nc1. The van der Waals surface area contributed by atoms with Crippen LogP contribution in [0.3, 0.4) is 0 Å². The molecule has 2 N–H and O–H groups in total. The summed E-state index contributed by atoms with van der Waals surface area (Å²) in [7, 11) is 0. The molecule has 0 aromatic carbocycles. The zero-order chi connectivity index (χ0) is 17.2. The van der Waals surface area contributed by atoms with E-state index in [1.807, 2.05) is 19.3 Å². The second-order valence-corrected chi connectivity index (χ2v) is 7.01. The van der Waals surface area contributed by atoms with Gasteiger partial charge in [-0.05, 0) is 56.0 Å². The number of rotatable bonds is 13. The number of alkyl halides is 1. The van der Waals surface area contributed by atoms with Crippen molar-refractivity contribution in [2.24, 2.45) is 11.7 Å². The van der Waals surface area contributed by atoms with Gasteiger partial charge in [0.1, 0.15) is 6.17 Å². The molecule has 1 heterocycles. The zero-order valence-electron chi connectivity index (χ0n) is 14.9. The summed E-state index contributed by atoms with van der Waals surface area (Å²) in [6.45, 7) is 3.35. The number of hydrogen-bond acceptors (Lipinski definition) is 4. The third-order valence-electron chi connectivity index (χ3n) is 4.72. The lowest BCUT2D eigenvalue weighted by Crippen LogP contribution is -2.13. The van der Waals surface area contributed by atoms with E-state index < -0.39 is 6.17 Å². The molecule has 136 valence electrons. The maximum absolute atomic E-state index is 13.4. The van der Waals surface area contributed by atoms with Gasteiger partial charge in [0.25, 0.3) is 0 Å². The molecule has 5 heteroatoms. The van der Waals surface area contributed by atoms with Crippen LogP contribution in [0, 0.1) is 5.92 Å². The molecule has 24 heavy (non-hydrogen) atoms. The van der Waals surface area contributed by atoms with Crippen LogP contribution in [0.1, 0.15) is 76.2 Å². The van der Waals surface area contributed by atoms with Crippen LogP contribution in [-0.4, -0.2) is 29.3 Å². The number of unbranched alkanes of at least 4 members (excludes halogenated alkanes) is 2. The van der Waals surface area contributed by atoms with Gasteiger partial charge in [0.2, 0.25) is 0 Å². The topological polar surface area (TPSA) is 61.0 Å². The van der Waals surface area contributed by atoms with Crippen molar-refractivity contribution in [2.75, 3.05) is 13.2 Å². The Bertz CT molecular complexity index is 450. The molecule has 1 aromatic rings. The molecule has 0 bridgehead atoms. The first-order valence-electron chi connectivity index (χ1n) is 9.51. The van der Waals surface area contributed by atoms with Gasteiger partial charge in [-0.25, -0.2) is 14.4 Å². The fourth-order valence-electron chi connectivity index (χ4n) is 2.90. The van der Waals surface area contributed by atoms with E-state index >= 15 is 0 Å². The Labute approximate surface area is 145 Å². The average Bonchev–Trinajstić information content (AvgIpc) is 3.41. The average molecular weight is 337 g/mol. The maximum Gasteiger partial charge on any atom is 0.316 e. The first kappa shape index (κ1) is 19.1. The smallest absolute Gasteiger partial charge is 0.316 e. The van der Waals surface area contributed by atoms with E-state index in [0.717, 1.165) is 44.3 Å². The Balaban J connectivity index is 1.66. The predicted molar refractivity (Wildman–Crippen MR) is 94.9 cm³/mol. The number of nitrogens with zero attached hydrogens (tertiary/aromatic N) is 2. The molecule has 0 saturated heterocycles. The Morgan fingerprint density at radius 2 is 1.88 bits per heavy atom. The standard InChI is InChI=1S/C19H32FN3O/c1-2-6-18(20)8-5-3-4-7-16(11-21)17-12-22-19(23-13-17)24-14-15-9-10-15/h12-13,15-16,18H,2-11,14,21H2,1H3. The molecule has 2 rings (SSSR count). The molecule has 2 unspecified atom stereocenters. The molecule has 4 nitrogen and oxygen atoms in total. The Kier molecular flexibility index (Phi) is 8.43. The van der Waals surface area contributed by atoms with Crippen molar-refractivity contribution in [3.63, 3.8) is 0 Å². The molecule has 1 aromatic heterocycles. The normalized spacial score (nSPS) is 16.8. The lowest BCUT2D eigenvalue weighted by molar-refractivity contribution is 0.276. The Morgan fingerprint density at radius 1 is 1.17 bits per heavy atom. The third kappa shape index (κ3) is 7.12. The van der Waals surface area contributed by atoms with E-state index in [9.17, 15) is 4.39 Å². The van der Waals surface area contributed by atoms with Crippen LogP contribution < -0.4 is 10.5 Å².